The molecule has 9 atom stereocenters. The SMILES string of the molecule is CC1(C)C(C2=CCC(COCc3ccccc3C#N)(C(=O)O)CC2)=CCC2(C)C1CCC1(C)C3CCC4(NCCN5CCS(=O)(=O)CC5)CCC[C@@H]4C3CCC12. The Morgan fingerprint density at radius 1 is 0.929 bits per heavy atom. The molecule has 306 valence electrons. The third kappa shape index (κ3) is 6.84. The summed E-state index contributed by atoms with van der Waals surface area (Å²) in [4.78, 5) is 15.1. The van der Waals surface area contributed by atoms with E-state index in [2.05, 4.69) is 56.1 Å². The van der Waals surface area contributed by atoms with Gasteiger partial charge in [-0.2, -0.15) is 5.26 Å². The van der Waals surface area contributed by atoms with E-state index in [0.717, 1.165) is 49.2 Å². The number of aliphatic carboxylic acids is 1. The fraction of sp³-hybridized carbons (Fsp3) is 0.745. The van der Waals surface area contributed by atoms with Crippen LogP contribution in [0, 0.1) is 62.6 Å². The summed E-state index contributed by atoms with van der Waals surface area (Å²) in [6.07, 6.45) is 19.6. The first-order valence-electron chi connectivity index (χ1n) is 22.0. The van der Waals surface area contributed by atoms with Gasteiger partial charge in [0.2, 0.25) is 0 Å². The molecule has 1 aliphatic heterocycles. The molecule has 2 N–H and O–H groups in total. The van der Waals surface area contributed by atoms with Crippen LogP contribution in [0.3, 0.4) is 0 Å². The van der Waals surface area contributed by atoms with Crippen molar-refractivity contribution in [1.82, 2.24) is 10.2 Å². The summed E-state index contributed by atoms with van der Waals surface area (Å²) in [5, 5.41) is 24.1. The number of rotatable bonds is 10. The van der Waals surface area contributed by atoms with Crippen LogP contribution in [0.4, 0.5) is 0 Å². The van der Waals surface area contributed by atoms with Gasteiger partial charge < -0.3 is 20.1 Å². The molecule has 5 fully saturated rings. The Morgan fingerprint density at radius 2 is 1.71 bits per heavy atom. The van der Waals surface area contributed by atoms with Gasteiger partial charge in [-0.3, -0.25) is 4.79 Å². The van der Waals surface area contributed by atoms with E-state index in [0.29, 0.717) is 60.3 Å². The maximum Gasteiger partial charge on any atom is 0.312 e. The van der Waals surface area contributed by atoms with Crippen molar-refractivity contribution >= 4 is 15.8 Å². The molecule has 1 aromatic rings. The lowest BCUT2D eigenvalue weighted by Gasteiger charge is -2.68. The van der Waals surface area contributed by atoms with Crippen molar-refractivity contribution in [2.45, 2.75) is 123 Å². The Hall–Kier alpha value is -2.51. The van der Waals surface area contributed by atoms with E-state index < -0.39 is 21.2 Å². The summed E-state index contributed by atoms with van der Waals surface area (Å²) in [5.74, 6) is 3.49. The molecular weight excluding hydrogens is 719 g/mol. The Labute approximate surface area is 336 Å². The predicted molar refractivity (Wildman–Crippen MR) is 220 cm³/mol. The second kappa shape index (κ2) is 14.9. The molecule has 0 amide bonds. The van der Waals surface area contributed by atoms with Gasteiger partial charge in [-0.15, -0.1) is 0 Å². The number of allylic oxidation sites excluding steroid dienone is 4. The zero-order valence-corrected chi connectivity index (χ0v) is 35.4. The van der Waals surface area contributed by atoms with E-state index in [-0.39, 0.29) is 29.6 Å². The largest absolute Gasteiger partial charge is 0.481 e. The van der Waals surface area contributed by atoms with Crippen molar-refractivity contribution in [1.29, 1.82) is 5.26 Å². The molecule has 9 heteroatoms. The fourth-order valence-corrected chi connectivity index (χ4v) is 16.0. The molecule has 8 nitrogen and oxygen atoms in total. The first kappa shape index (κ1) is 40.3. The third-order valence-corrected chi connectivity index (χ3v) is 19.2. The van der Waals surface area contributed by atoms with Crippen LogP contribution in [0.5, 0.6) is 0 Å². The Morgan fingerprint density at radius 3 is 2.45 bits per heavy atom. The lowest BCUT2D eigenvalue weighted by molar-refractivity contribution is -0.175. The van der Waals surface area contributed by atoms with Crippen LogP contribution in [-0.2, 0) is 26.0 Å². The number of ether oxygens (including phenoxy) is 1. The molecule has 56 heavy (non-hydrogen) atoms. The third-order valence-electron chi connectivity index (χ3n) is 17.6. The Kier molecular flexibility index (Phi) is 10.8. The van der Waals surface area contributed by atoms with Gasteiger partial charge in [0, 0.05) is 31.7 Å². The number of carboxylic acid groups (broad SMARTS) is 1. The number of fused-ring (bicyclic) bond motifs is 7. The number of hydrogen-bond acceptors (Lipinski definition) is 7. The molecule has 0 radical (unpaired) electrons. The van der Waals surface area contributed by atoms with Crippen molar-refractivity contribution in [3.63, 3.8) is 0 Å². The maximum atomic E-state index is 12.8. The van der Waals surface area contributed by atoms with E-state index >= 15 is 0 Å². The van der Waals surface area contributed by atoms with Crippen molar-refractivity contribution in [3.05, 3.63) is 58.7 Å². The van der Waals surface area contributed by atoms with Gasteiger partial charge in [-0.1, -0.05) is 64.5 Å². The highest BCUT2D eigenvalue weighted by atomic mass is 32.2. The van der Waals surface area contributed by atoms with Gasteiger partial charge in [-0.25, -0.2) is 8.42 Å². The molecule has 0 spiro atoms. The lowest BCUT2D eigenvalue weighted by atomic mass is 9.37. The van der Waals surface area contributed by atoms with Gasteiger partial charge in [0.25, 0.3) is 0 Å². The quantitative estimate of drug-likeness (QED) is 0.243. The highest BCUT2D eigenvalue weighted by Crippen LogP contribution is 2.72. The zero-order chi connectivity index (χ0) is 39.6. The normalized spacial score (nSPS) is 40.2. The van der Waals surface area contributed by atoms with E-state index in [1.165, 1.54) is 68.9 Å². The van der Waals surface area contributed by atoms with Gasteiger partial charge in [0.15, 0.2) is 9.84 Å². The molecule has 1 heterocycles. The number of nitrogens with one attached hydrogen (secondary N) is 1. The van der Waals surface area contributed by atoms with Crippen molar-refractivity contribution in [3.8, 4) is 6.07 Å². The number of benzene rings is 1. The lowest BCUT2D eigenvalue weighted by Crippen LogP contribution is -2.64. The van der Waals surface area contributed by atoms with E-state index in [1.54, 1.807) is 6.07 Å². The topological polar surface area (TPSA) is 120 Å². The second-order valence-electron chi connectivity index (χ2n) is 20.4. The molecule has 0 aromatic heterocycles. The highest BCUT2D eigenvalue weighted by Gasteiger charge is 2.65. The Bertz CT molecular complexity index is 1890. The number of hydrogen-bond donors (Lipinski definition) is 2. The second-order valence-corrected chi connectivity index (χ2v) is 22.7. The Balaban J connectivity index is 0.939. The predicted octanol–water partition coefficient (Wildman–Crippen LogP) is 8.33. The van der Waals surface area contributed by atoms with E-state index in [1.807, 2.05) is 18.2 Å². The first-order valence-corrected chi connectivity index (χ1v) is 23.9. The fourth-order valence-electron chi connectivity index (χ4n) is 14.8. The van der Waals surface area contributed by atoms with Crippen LogP contribution in [0.25, 0.3) is 0 Å². The average Bonchev–Trinajstić information content (AvgIpc) is 3.60. The molecule has 4 saturated carbocycles. The van der Waals surface area contributed by atoms with E-state index in [4.69, 9.17) is 4.74 Å². The van der Waals surface area contributed by atoms with Crippen LogP contribution in [0.15, 0.2) is 47.6 Å². The summed E-state index contributed by atoms with van der Waals surface area (Å²) in [6.45, 7) is 14.0. The van der Waals surface area contributed by atoms with Crippen molar-refractivity contribution in [2.24, 2.45) is 51.2 Å². The smallest absolute Gasteiger partial charge is 0.312 e. The number of nitrogens with zero attached hydrogens (tertiary/aromatic N) is 2. The van der Waals surface area contributed by atoms with E-state index in [9.17, 15) is 23.6 Å². The number of carboxylic acids is 1. The van der Waals surface area contributed by atoms with Crippen molar-refractivity contribution in [2.75, 3.05) is 44.3 Å². The minimum Gasteiger partial charge on any atom is -0.481 e. The number of sulfone groups is 1. The number of carbonyl (C=O) groups is 1. The van der Waals surface area contributed by atoms with Gasteiger partial charge in [0.1, 0.15) is 0 Å². The first-order chi connectivity index (χ1) is 26.7. The molecule has 7 aliphatic rings. The number of nitriles is 1. The van der Waals surface area contributed by atoms with Crippen LogP contribution in [-0.4, -0.2) is 74.2 Å². The average molecular weight is 786 g/mol. The van der Waals surface area contributed by atoms with Gasteiger partial charge >= 0.3 is 5.97 Å². The molecule has 8 rings (SSSR count). The van der Waals surface area contributed by atoms with Crippen LogP contribution < -0.4 is 5.32 Å². The maximum absolute atomic E-state index is 12.8. The minimum absolute atomic E-state index is 0.0212. The molecule has 6 aliphatic carbocycles. The molecule has 1 saturated heterocycles. The summed E-state index contributed by atoms with van der Waals surface area (Å²) < 4.78 is 30.0. The zero-order valence-electron chi connectivity index (χ0n) is 34.6. The van der Waals surface area contributed by atoms with Crippen LogP contribution in [0.2, 0.25) is 0 Å². The van der Waals surface area contributed by atoms with Crippen LogP contribution >= 0.6 is 0 Å². The monoisotopic (exact) mass is 785 g/mol. The van der Waals surface area contributed by atoms with Crippen LogP contribution in [0.1, 0.15) is 122 Å². The summed E-state index contributed by atoms with van der Waals surface area (Å²) in [7, 11) is -2.85. The summed E-state index contributed by atoms with van der Waals surface area (Å²) in [5.41, 5.74) is 4.14. The van der Waals surface area contributed by atoms with Gasteiger partial charge in [0.05, 0.1) is 41.8 Å². The molecular formula is C47H67N3O5S. The molecule has 1 aromatic carbocycles. The van der Waals surface area contributed by atoms with Gasteiger partial charge in [-0.05, 0) is 146 Å². The summed E-state index contributed by atoms with van der Waals surface area (Å²) in [6, 6.07) is 9.59. The summed E-state index contributed by atoms with van der Waals surface area (Å²) >= 11 is 0. The highest BCUT2D eigenvalue weighted by molar-refractivity contribution is 7.91. The minimum atomic E-state index is -2.85. The molecule has 8 unspecified atom stereocenters. The van der Waals surface area contributed by atoms with Crippen molar-refractivity contribution < 1.29 is 23.1 Å². The molecule has 0 bridgehead atoms. The standard InChI is InChI=1S/C47H67N3O5S/c1-43(2)37(33-13-21-46(22-14-33,42(51)52)32-55-31-35-9-6-5-8-34(35)30-48)15-19-45(4)40(43)17-20-44(3)38-16-23-47(18-7-10-39(47)36(38)11-12-41(44)45)49-24-25-50-26-28-56(53,54)29-27-50/h5-6,8-9,13,15,36,38-41,49H,7,10-12,14,16-29,31-32H2,1-4H3,(H,51,52)/t36?,38?,39-,40?,41?,44?,45?,46?,47?/m1/s1.